The highest BCUT2D eigenvalue weighted by atomic mass is 127. The summed E-state index contributed by atoms with van der Waals surface area (Å²) in [6, 6.07) is 13.0. The van der Waals surface area contributed by atoms with Crippen LogP contribution in [0.2, 0.25) is 5.02 Å². The molecule has 1 atom stereocenters. The van der Waals surface area contributed by atoms with E-state index in [0.29, 0.717) is 19.0 Å². The van der Waals surface area contributed by atoms with Crippen LogP contribution in [-0.2, 0) is 11.3 Å². The van der Waals surface area contributed by atoms with Crippen molar-refractivity contribution in [2.75, 3.05) is 47.0 Å². The van der Waals surface area contributed by atoms with Gasteiger partial charge in [-0.2, -0.15) is 0 Å². The largest absolute Gasteiger partial charge is 0.497 e. The molecule has 0 spiro atoms. The molecule has 0 aliphatic carbocycles. The predicted molar refractivity (Wildman–Crippen MR) is 133 cm³/mol. The average Bonchev–Trinajstić information content (AvgIpc) is 2.79. The van der Waals surface area contributed by atoms with Gasteiger partial charge in [-0.3, -0.25) is 9.89 Å². The highest BCUT2D eigenvalue weighted by Crippen LogP contribution is 2.23. The summed E-state index contributed by atoms with van der Waals surface area (Å²) in [5, 5.41) is 6.78. The van der Waals surface area contributed by atoms with Crippen LogP contribution in [0, 0.1) is 5.82 Å². The number of ether oxygens (including phenoxy) is 2. The molecule has 1 fully saturated rings. The third kappa shape index (κ3) is 7.48. The van der Waals surface area contributed by atoms with Gasteiger partial charge < -0.3 is 20.1 Å². The van der Waals surface area contributed by atoms with E-state index in [1.807, 2.05) is 12.1 Å². The van der Waals surface area contributed by atoms with Gasteiger partial charge in [-0.05, 0) is 35.4 Å². The van der Waals surface area contributed by atoms with E-state index in [4.69, 9.17) is 21.1 Å². The molecule has 1 heterocycles. The molecule has 2 N–H and O–H groups in total. The molecule has 2 aromatic rings. The number of aliphatic imine (C=N–C) groups is 1. The Morgan fingerprint density at radius 3 is 2.52 bits per heavy atom. The number of guanidine groups is 1. The Morgan fingerprint density at radius 1 is 1.19 bits per heavy atom. The lowest BCUT2D eigenvalue weighted by molar-refractivity contribution is 0.0170. The number of morpholine rings is 1. The topological polar surface area (TPSA) is 58.1 Å². The average molecular weight is 563 g/mol. The van der Waals surface area contributed by atoms with Crippen molar-refractivity contribution < 1.29 is 13.9 Å². The van der Waals surface area contributed by atoms with Crippen LogP contribution in [0.4, 0.5) is 4.39 Å². The summed E-state index contributed by atoms with van der Waals surface area (Å²) < 4.78 is 24.2. The van der Waals surface area contributed by atoms with Gasteiger partial charge in [-0.15, -0.1) is 24.0 Å². The highest BCUT2D eigenvalue weighted by molar-refractivity contribution is 14.0. The van der Waals surface area contributed by atoms with Gasteiger partial charge in [0.05, 0.1) is 31.4 Å². The molecule has 6 nitrogen and oxygen atoms in total. The second-order valence-corrected chi connectivity index (χ2v) is 7.40. The molecule has 2 aromatic carbocycles. The second kappa shape index (κ2) is 13.0. The lowest BCUT2D eigenvalue weighted by Gasteiger charge is -2.35. The first-order valence-corrected chi connectivity index (χ1v) is 10.3. The van der Waals surface area contributed by atoms with Gasteiger partial charge in [-0.1, -0.05) is 29.8 Å². The smallest absolute Gasteiger partial charge is 0.191 e. The van der Waals surface area contributed by atoms with Crippen molar-refractivity contribution in [3.63, 3.8) is 0 Å². The quantitative estimate of drug-likeness (QED) is 0.305. The Hall–Kier alpha value is -1.62. The summed E-state index contributed by atoms with van der Waals surface area (Å²) in [5.74, 6) is 1.08. The van der Waals surface area contributed by atoms with Crippen molar-refractivity contribution in [2.24, 2.45) is 4.99 Å². The third-order valence-corrected chi connectivity index (χ3v) is 5.41. The summed E-state index contributed by atoms with van der Waals surface area (Å²) in [7, 11) is 3.39. The van der Waals surface area contributed by atoms with Crippen molar-refractivity contribution in [2.45, 2.75) is 12.6 Å². The second-order valence-electron chi connectivity index (χ2n) is 6.99. The molecule has 0 radical (unpaired) electrons. The molecule has 9 heteroatoms. The number of nitrogens with zero attached hydrogens (tertiary/aromatic N) is 2. The van der Waals surface area contributed by atoms with Gasteiger partial charge >= 0.3 is 0 Å². The molecule has 0 aromatic heterocycles. The van der Waals surface area contributed by atoms with Crippen LogP contribution in [-0.4, -0.2) is 57.9 Å². The van der Waals surface area contributed by atoms with Crippen LogP contribution in [0.1, 0.15) is 17.2 Å². The van der Waals surface area contributed by atoms with Gasteiger partial charge in [0, 0.05) is 33.2 Å². The minimum absolute atomic E-state index is 0. The van der Waals surface area contributed by atoms with E-state index < -0.39 is 5.82 Å². The minimum atomic E-state index is -0.421. The molecule has 3 rings (SSSR count). The van der Waals surface area contributed by atoms with Crippen molar-refractivity contribution in [3.05, 3.63) is 64.4 Å². The summed E-state index contributed by atoms with van der Waals surface area (Å²) >= 11 is 5.87. The zero-order valence-electron chi connectivity index (χ0n) is 17.7. The first-order valence-electron chi connectivity index (χ1n) is 9.95. The predicted octanol–water partition coefficient (Wildman–Crippen LogP) is 3.84. The molecular weight excluding hydrogens is 534 g/mol. The summed E-state index contributed by atoms with van der Waals surface area (Å²) in [6.07, 6.45) is 0. The van der Waals surface area contributed by atoms with Crippen molar-refractivity contribution in [3.8, 4) is 5.75 Å². The number of hydrogen-bond acceptors (Lipinski definition) is 4. The van der Waals surface area contributed by atoms with Gasteiger partial charge in [0.2, 0.25) is 0 Å². The first-order chi connectivity index (χ1) is 14.6. The number of nitrogens with one attached hydrogen (secondary N) is 2. The van der Waals surface area contributed by atoms with Crippen LogP contribution in [0.25, 0.3) is 0 Å². The summed E-state index contributed by atoms with van der Waals surface area (Å²) in [4.78, 5) is 6.71. The van der Waals surface area contributed by atoms with E-state index >= 15 is 0 Å². The number of halogens is 3. The SMILES string of the molecule is CN=C(NCc1ccc(F)c(Cl)c1)NCC(c1ccc(OC)cc1)N1CCOCC1.I. The fourth-order valence-corrected chi connectivity index (χ4v) is 3.63. The standard InChI is InChI=1S/C22H28ClFN4O2.HI/c1-25-22(26-14-16-3-8-20(24)19(23)13-16)27-15-21(28-9-11-30-12-10-28)17-4-6-18(29-2)7-5-17;/h3-8,13,21H,9-12,14-15H2,1-2H3,(H2,25,26,27);1H. The Labute approximate surface area is 205 Å². The summed E-state index contributed by atoms with van der Waals surface area (Å²) in [6.45, 7) is 4.37. The van der Waals surface area contributed by atoms with Crippen LogP contribution < -0.4 is 15.4 Å². The summed E-state index contributed by atoms with van der Waals surface area (Å²) in [5.41, 5.74) is 2.08. The fraction of sp³-hybridized carbons (Fsp3) is 0.409. The normalized spacial score (nSPS) is 15.7. The Bertz CT molecular complexity index is 848. The Balaban J connectivity index is 0.00000341. The molecule has 31 heavy (non-hydrogen) atoms. The van der Waals surface area contributed by atoms with E-state index in [-0.39, 0.29) is 35.0 Å². The van der Waals surface area contributed by atoms with Crippen molar-refractivity contribution >= 4 is 41.5 Å². The molecule has 170 valence electrons. The van der Waals surface area contributed by atoms with Gasteiger partial charge in [0.1, 0.15) is 11.6 Å². The molecule has 0 amide bonds. The lowest BCUT2D eigenvalue weighted by atomic mass is 10.0. The van der Waals surface area contributed by atoms with Gasteiger partial charge in [0.25, 0.3) is 0 Å². The maximum absolute atomic E-state index is 13.3. The monoisotopic (exact) mass is 562 g/mol. The molecule has 0 saturated carbocycles. The zero-order valence-corrected chi connectivity index (χ0v) is 20.8. The number of methoxy groups -OCH3 is 1. The van der Waals surface area contributed by atoms with Crippen LogP contribution in [0.15, 0.2) is 47.5 Å². The molecule has 0 bridgehead atoms. The maximum atomic E-state index is 13.3. The third-order valence-electron chi connectivity index (χ3n) is 5.12. The highest BCUT2D eigenvalue weighted by Gasteiger charge is 2.23. The molecular formula is C22H29ClFIN4O2. The molecule has 1 unspecified atom stereocenters. The molecule has 1 aliphatic heterocycles. The number of hydrogen-bond donors (Lipinski definition) is 2. The Kier molecular flexibility index (Phi) is 10.8. The van der Waals surface area contributed by atoms with Crippen molar-refractivity contribution in [1.82, 2.24) is 15.5 Å². The van der Waals surface area contributed by atoms with E-state index in [0.717, 1.165) is 37.6 Å². The van der Waals surface area contributed by atoms with E-state index in [1.54, 1.807) is 26.3 Å². The first kappa shape index (κ1) is 25.6. The fourth-order valence-electron chi connectivity index (χ4n) is 3.42. The van der Waals surface area contributed by atoms with Crippen LogP contribution in [0.3, 0.4) is 0 Å². The van der Waals surface area contributed by atoms with Gasteiger partial charge in [-0.25, -0.2) is 4.39 Å². The van der Waals surface area contributed by atoms with Gasteiger partial charge in [0.15, 0.2) is 5.96 Å². The minimum Gasteiger partial charge on any atom is -0.497 e. The number of rotatable bonds is 7. The zero-order chi connectivity index (χ0) is 21.3. The molecule has 1 saturated heterocycles. The van der Waals surface area contributed by atoms with Crippen LogP contribution >= 0.6 is 35.6 Å². The lowest BCUT2D eigenvalue weighted by Crippen LogP contribution is -2.46. The van der Waals surface area contributed by atoms with Crippen LogP contribution in [0.5, 0.6) is 5.75 Å². The Morgan fingerprint density at radius 2 is 1.90 bits per heavy atom. The molecule has 1 aliphatic rings. The number of benzene rings is 2. The van der Waals surface area contributed by atoms with E-state index in [2.05, 4.69) is 32.7 Å². The maximum Gasteiger partial charge on any atom is 0.191 e. The van der Waals surface area contributed by atoms with E-state index in [1.165, 1.54) is 11.6 Å². The van der Waals surface area contributed by atoms with Crippen molar-refractivity contribution in [1.29, 1.82) is 0 Å². The van der Waals surface area contributed by atoms with E-state index in [9.17, 15) is 4.39 Å².